The van der Waals surface area contributed by atoms with Gasteiger partial charge in [0.1, 0.15) is 0 Å². The van der Waals surface area contributed by atoms with Gasteiger partial charge in [0, 0.05) is 19.1 Å². The smallest absolute Gasteiger partial charge is 0.0207 e. The number of hydrogen-bond donors (Lipinski definition) is 1. The van der Waals surface area contributed by atoms with Crippen LogP contribution in [0.1, 0.15) is 31.7 Å². The van der Waals surface area contributed by atoms with Crippen molar-refractivity contribution in [1.29, 1.82) is 0 Å². The average Bonchev–Trinajstić information content (AvgIpc) is 2.76. The third kappa shape index (κ3) is 3.56. The van der Waals surface area contributed by atoms with Gasteiger partial charge in [-0.15, -0.1) is 0 Å². The first kappa shape index (κ1) is 13.6. The van der Waals surface area contributed by atoms with Crippen LogP contribution in [-0.2, 0) is 0 Å². The predicted molar refractivity (Wildman–Crippen MR) is 77.9 cm³/mol. The van der Waals surface area contributed by atoms with E-state index in [1.54, 1.807) is 0 Å². The van der Waals surface area contributed by atoms with Crippen molar-refractivity contribution < 1.29 is 0 Å². The zero-order valence-electron chi connectivity index (χ0n) is 11.9. The second kappa shape index (κ2) is 6.35. The summed E-state index contributed by atoms with van der Waals surface area (Å²) < 4.78 is 0. The molecule has 1 aromatic carbocycles. The molecule has 0 amide bonds. The van der Waals surface area contributed by atoms with Crippen LogP contribution in [0.3, 0.4) is 0 Å². The van der Waals surface area contributed by atoms with Crippen molar-refractivity contribution in [3.05, 3.63) is 35.9 Å². The highest BCUT2D eigenvalue weighted by molar-refractivity contribution is 5.20. The normalized spacial score (nSPS) is 22.6. The molecule has 1 fully saturated rings. The lowest BCUT2D eigenvalue weighted by atomic mass is 9.88. The van der Waals surface area contributed by atoms with Gasteiger partial charge in [0.15, 0.2) is 0 Å². The van der Waals surface area contributed by atoms with Gasteiger partial charge in [0.05, 0.1) is 0 Å². The van der Waals surface area contributed by atoms with Crippen LogP contribution in [0.5, 0.6) is 0 Å². The molecule has 2 atom stereocenters. The second-order valence-electron chi connectivity index (χ2n) is 5.92. The van der Waals surface area contributed by atoms with Gasteiger partial charge in [-0.2, -0.15) is 0 Å². The maximum absolute atomic E-state index is 3.75. The zero-order chi connectivity index (χ0) is 13.0. The molecule has 1 aromatic rings. The highest BCUT2D eigenvalue weighted by Gasteiger charge is 2.21. The summed E-state index contributed by atoms with van der Waals surface area (Å²) in [7, 11) is 2.21. The monoisotopic (exact) mass is 246 g/mol. The van der Waals surface area contributed by atoms with Crippen LogP contribution in [0.4, 0.5) is 0 Å². The van der Waals surface area contributed by atoms with Crippen LogP contribution in [0.25, 0.3) is 0 Å². The van der Waals surface area contributed by atoms with E-state index >= 15 is 0 Å². The molecule has 18 heavy (non-hydrogen) atoms. The van der Waals surface area contributed by atoms with E-state index in [2.05, 4.69) is 61.4 Å². The number of likely N-dealkylation sites (N-methyl/N-ethyl adjacent to an activating group) is 1. The van der Waals surface area contributed by atoms with Crippen LogP contribution < -0.4 is 5.32 Å². The summed E-state index contributed by atoms with van der Waals surface area (Å²) in [6.45, 7) is 8.16. The summed E-state index contributed by atoms with van der Waals surface area (Å²) in [5.41, 5.74) is 1.46. The third-order valence-electron chi connectivity index (χ3n) is 4.05. The summed E-state index contributed by atoms with van der Waals surface area (Å²) in [6.07, 6.45) is 1.29. The molecule has 2 unspecified atom stereocenters. The van der Waals surface area contributed by atoms with Gasteiger partial charge < -0.3 is 10.2 Å². The topological polar surface area (TPSA) is 15.3 Å². The molecule has 2 rings (SSSR count). The van der Waals surface area contributed by atoms with E-state index in [1.165, 1.54) is 25.1 Å². The Morgan fingerprint density at radius 1 is 1.28 bits per heavy atom. The first-order valence-corrected chi connectivity index (χ1v) is 7.13. The van der Waals surface area contributed by atoms with Gasteiger partial charge in [-0.1, -0.05) is 44.2 Å². The molecule has 100 valence electrons. The van der Waals surface area contributed by atoms with Crippen molar-refractivity contribution in [3.8, 4) is 0 Å². The molecule has 2 nitrogen and oxygen atoms in total. The summed E-state index contributed by atoms with van der Waals surface area (Å²) in [4.78, 5) is 2.41. The minimum absolute atomic E-state index is 0.622. The molecule has 1 aliphatic heterocycles. The number of likely N-dealkylation sites (tertiary alicyclic amines) is 1. The van der Waals surface area contributed by atoms with E-state index < -0.39 is 0 Å². The molecule has 0 aromatic heterocycles. The molecule has 0 bridgehead atoms. The van der Waals surface area contributed by atoms with E-state index in [1.807, 2.05) is 0 Å². The Kier molecular flexibility index (Phi) is 4.79. The van der Waals surface area contributed by atoms with Crippen LogP contribution in [0, 0.1) is 5.92 Å². The van der Waals surface area contributed by atoms with Crippen molar-refractivity contribution in [2.45, 2.75) is 32.2 Å². The van der Waals surface area contributed by atoms with E-state index in [-0.39, 0.29) is 0 Å². The van der Waals surface area contributed by atoms with Crippen molar-refractivity contribution in [3.63, 3.8) is 0 Å². The fraction of sp³-hybridized carbons (Fsp3) is 0.625. The van der Waals surface area contributed by atoms with Crippen molar-refractivity contribution in [1.82, 2.24) is 10.2 Å². The molecule has 1 heterocycles. The molecule has 0 spiro atoms. The van der Waals surface area contributed by atoms with Gasteiger partial charge in [-0.3, -0.25) is 0 Å². The minimum Gasteiger partial charge on any atom is -0.312 e. The summed E-state index contributed by atoms with van der Waals surface area (Å²) in [6, 6.07) is 11.6. The highest BCUT2D eigenvalue weighted by atomic mass is 15.2. The fourth-order valence-corrected chi connectivity index (χ4v) is 2.83. The Hall–Kier alpha value is -0.860. The molecule has 1 aliphatic rings. The van der Waals surface area contributed by atoms with Crippen LogP contribution in [0.15, 0.2) is 30.3 Å². The van der Waals surface area contributed by atoms with Crippen molar-refractivity contribution in [2.24, 2.45) is 5.92 Å². The first-order valence-electron chi connectivity index (χ1n) is 7.13. The Morgan fingerprint density at radius 3 is 2.56 bits per heavy atom. The molecule has 0 aliphatic carbocycles. The summed E-state index contributed by atoms with van der Waals surface area (Å²) in [5, 5.41) is 3.75. The Balaban J connectivity index is 1.91. The molecular formula is C16H26N2. The Labute approximate surface area is 111 Å². The summed E-state index contributed by atoms with van der Waals surface area (Å²) in [5.74, 6) is 1.30. The van der Waals surface area contributed by atoms with E-state index in [0.29, 0.717) is 17.9 Å². The predicted octanol–water partition coefficient (Wildman–Crippen LogP) is 2.72. The largest absolute Gasteiger partial charge is 0.312 e. The number of rotatable bonds is 5. The van der Waals surface area contributed by atoms with E-state index in [0.717, 1.165) is 6.54 Å². The number of hydrogen-bond acceptors (Lipinski definition) is 2. The lowest BCUT2D eigenvalue weighted by Gasteiger charge is -2.24. The Bertz CT molecular complexity index is 347. The fourth-order valence-electron chi connectivity index (χ4n) is 2.83. The van der Waals surface area contributed by atoms with E-state index in [4.69, 9.17) is 0 Å². The quantitative estimate of drug-likeness (QED) is 0.859. The maximum Gasteiger partial charge on any atom is 0.0207 e. The molecule has 2 heteroatoms. The van der Waals surface area contributed by atoms with Gasteiger partial charge in [0.25, 0.3) is 0 Å². The SMILES string of the molecule is CC(C)C(CNC1CCN(C)C1)c1ccccc1. The minimum atomic E-state index is 0.622. The van der Waals surface area contributed by atoms with Crippen molar-refractivity contribution in [2.75, 3.05) is 26.7 Å². The highest BCUT2D eigenvalue weighted by Crippen LogP contribution is 2.23. The average molecular weight is 246 g/mol. The molecular weight excluding hydrogens is 220 g/mol. The van der Waals surface area contributed by atoms with E-state index in [9.17, 15) is 0 Å². The molecule has 1 N–H and O–H groups in total. The zero-order valence-corrected chi connectivity index (χ0v) is 11.9. The maximum atomic E-state index is 3.75. The lowest BCUT2D eigenvalue weighted by molar-refractivity contribution is 0.383. The number of nitrogens with one attached hydrogen (secondary N) is 1. The Morgan fingerprint density at radius 2 is 2.00 bits per heavy atom. The van der Waals surface area contributed by atoms with Gasteiger partial charge in [-0.05, 0) is 37.4 Å². The number of nitrogens with zero attached hydrogens (tertiary/aromatic N) is 1. The molecule has 0 saturated carbocycles. The standard InChI is InChI=1S/C16H26N2/c1-13(2)16(14-7-5-4-6-8-14)11-17-15-9-10-18(3)12-15/h4-8,13,15-17H,9-12H2,1-3H3. The summed E-state index contributed by atoms with van der Waals surface area (Å²) >= 11 is 0. The van der Waals surface area contributed by atoms with Crippen molar-refractivity contribution >= 4 is 0 Å². The number of benzene rings is 1. The molecule has 0 radical (unpaired) electrons. The second-order valence-corrected chi connectivity index (χ2v) is 5.92. The molecule has 1 saturated heterocycles. The van der Waals surface area contributed by atoms with Crippen LogP contribution >= 0.6 is 0 Å². The van der Waals surface area contributed by atoms with Crippen LogP contribution in [-0.4, -0.2) is 37.6 Å². The van der Waals surface area contributed by atoms with Gasteiger partial charge >= 0.3 is 0 Å². The van der Waals surface area contributed by atoms with Gasteiger partial charge in [-0.25, -0.2) is 0 Å². The lowest BCUT2D eigenvalue weighted by Crippen LogP contribution is -2.35. The van der Waals surface area contributed by atoms with Gasteiger partial charge in [0.2, 0.25) is 0 Å². The third-order valence-corrected chi connectivity index (χ3v) is 4.05. The van der Waals surface area contributed by atoms with Crippen LogP contribution in [0.2, 0.25) is 0 Å². The first-order chi connectivity index (χ1) is 8.66.